The predicted molar refractivity (Wildman–Crippen MR) is 505 cm³/mol. The first-order valence-electron chi connectivity index (χ1n) is 47.3. The summed E-state index contributed by atoms with van der Waals surface area (Å²) in [6.07, 6.45) is 14.5. The van der Waals surface area contributed by atoms with E-state index in [2.05, 4.69) is 42.5 Å². The molecule has 1 unspecified atom stereocenters. The number of unbranched alkanes of at least 4 members (excludes halogenated alkanes) is 4. The highest BCUT2D eigenvalue weighted by Gasteiger charge is 2.46. The average molecular weight is 2060 g/mol. The number of carbonyl (C=O) groups is 2. The monoisotopic (exact) mass is 2060 g/mol. The first-order valence-corrected chi connectivity index (χ1v) is 51.8. The van der Waals surface area contributed by atoms with Gasteiger partial charge < -0.3 is 148 Å². The number of methoxy groups -OCH3 is 2. The molecule has 798 valence electrons. The molecule has 2 heterocycles. The van der Waals surface area contributed by atoms with Crippen LogP contribution in [0.2, 0.25) is 0 Å². The van der Waals surface area contributed by atoms with E-state index in [-0.39, 0.29) is 29.1 Å². The fourth-order valence-corrected chi connectivity index (χ4v) is 16.3. The van der Waals surface area contributed by atoms with Crippen LogP contribution >= 0.6 is 24.1 Å². The minimum Gasteiger partial charge on any atom is -0.744 e. The minimum absolute atomic E-state index is 0.0599. The van der Waals surface area contributed by atoms with E-state index in [4.69, 9.17) is 118 Å². The van der Waals surface area contributed by atoms with E-state index in [9.17, 15) is 46.0 Å². The molecule has 0 fully saturated rings. The minimum atomic E-state index is -5.31. The Kier molecular flexibility index (Phi) is 72.5. The van der Waals surface area contributed by atoms with E-state index in [1.54, 1.807) is 13.2 Å². The second-order valence-corrected chi connectivity index (χ2v) is 35.7. The van der Waals surface area contributed by atoms with E-state index < -0.39 is 40.9 Å². The van der Waals surface area contributed by atoms with Crippen molar-refractivity contribution in [3.8, 4) is 0 Å². The largest absolute Gasteiger partial charge is 0.744 e. The number of esters is 1. The maximum absolute atomic E-state index is 12.9. The number of nitrogens with one attached hydrogen (secondary N) is 1. The van der Waals surface area contributed by atoms with Gasteiger partial charge in [-0.25, -0.2) is 16.8 Å². The summed E-state index contributed by atoms with van der Waals surface area (Å²) in [5, 5.41) is 31.6. The first kappa shape index (κ1) is 124. The van der Waals surface area contributed by atoms with Gasteiger partial charge in [0, 0.05) is 96.7 Å². The van der Waals surface area contributed by atoms with Crippen LogP contribution in [-0.2, 0) is 178 Å². The molecule has 0 aliphatic carbocycles. The maximum Gasteiger partial charge on any atom is 0.305 e. The summed E-state index contributed by atoms with van der Waals surface area (Å²) >= 11 is 1.59. The van der Waals surface area contributed by atoms with Crippen LogP contribution in [0.5, 0.6) is 0 Å². The molecule has 2 aliphatic heterocycles. The van der Waals surface area contributed by atoms with Gasteiger partial charge in [0.2, 0.25) is 11.6 Å². The SMILES string of the molecule is COCCOCCOCCOCCOCCOCCOCCOCCOCCOCCOCCOCCOCCOCCOCCOCCOCCOCCOCCOCCOCCOCCOCCOCCNC(=O)CCCCC[N+]1=C(C=CC=CC=C2N(CCCSOO[O-])c3ccc4c(S(=O)(=O)[O-])cc(S(=O)(=O)[O-])cc4c3C2(C)CCCCCC(=O)OC)C(C)(C)c2cc(SOO[O-])ccc21. The molecule has 0 spiro atoms. The van der Waals surface area contributed by atoms with E-state index in [0.717, 1.165) is 60.0 Å². The third kappa shape index (κ3) is 56.4. The number of amides is 1. The van der Waals surface area contributed by atoms with E-state index >= 15 is 0 Å². The summed E-state index contributed by atoms with van der Waals surface area (Å²) in [7, 11) is -7.64. The molecule has 46 heteroatoms. The van der Waals surface area contributed by atoms with Gasteiger partial charge in [-0.15, -0.1) is 0 Å². The van der Waals surface area contributed by atoms with E-state index in [1.807, 2.05) is 60.4 Å². The van der Waals surface area contributed by atoms with Crippen LogP contribution in [0.25, 0.3) is 10.8 Å². The lowest BCUT2D eigenvalue weighted by Crippen LogP contribution is -2.29. The second kappa shape index (κ2) is 81.0. The van der Waals surface area contributed by atoms with Crippen molar-refractivity contribution < 1.29 is 188 Å². The third-order valence-electron chi connectivity index (χ3n) is 21.0. The van der Waals surface area contributed by atoms with Crippen molar-refractivity contribution in [3.05, 3.63) is 89.7 Å². The third-order valence-corrected chi connectivity index (χ3v) is 23.9. The average Bonchev–Trinajstić information content (AvgIpc) is 1.56. The van der Waals surface area contributed by atoms with Crippen molar-refractivity contribution in [2.24, 2.45) is 0 Å². The number of ether oxygens (including phenoxy) is 25. The number of hydrogen-bond donors (Lipinski definition) is 1. The van der Waals surface area contributed by atoms with Crippen LogP contribution in [0, 0.1) is 0 Å². The molecule has 42 nitrogen and oxygen atoms in total. The molecule has 5 rings (SSSR count). The van der Waals surface area contributed by atoms with Crippen molar-refractivity contribution in [2.45, 2.75) is 110 Å². The summed E-state index contributed by atoms with van der Waals surface area (Å²) < 4.78 is 225. The van der Waals surface area contributed by atoms with Gasteiger partial charge in [0.05, 0.1) is 345 Å². The lowest BCUT2D eigenvalue weighted by atomic mass is 9.75. The van der Waals surface area contributed by atoms with Gasteiger partial charge in [-0.3, -0.25) is 19.7 Å². The molecule has 139 heavy (non-hydrogen) atoms. The lowest BCUT2D eigenvalue weighted by Gasteiger charge is -2.31. The molecule has 1 atom stereocenters. The number of carbonyl (C=O) groups excluding carboxylic acids is 2. The molecule has 0 saturated carbocycles. The number of fused-ring (bicyclic) bond motifs is 4. The highest BCUT2D eigenvalue weighted by atomic mass is 32.2. The Hall–Kier alpha value is -5.13. The van der Waals surface area contributed by atoms with Gasteiger partial charge in [-0.05, 0) is 106 Å². The molecular weight excluding hydrogens is 1910 g/mol. The normalized spacial score (nSPS) is 14.7. The number of anilines is 1. The highest BCUT2D eigenvalue weighted by Crippen LogP contribution is 2.54. The predicted octanol–water partition coefficient (Wildman–Crippen LogP) is 6.12. The van der Waals surface area contributed by atoms with E-state index in [1.165, 1.54) is 13.2 Å². The fraction of sp³-hybridized carbons (Fsp3) is 0.731. The summed E-state index contributed by atoms with van der Waals surface area (Å²) in [4.78, 5) is 25.9. The maximum atomic E-state index is 12.9. The van der Waals surface area contributed by atoms with Crippen molar-refractivity contribution in [3.63, 3.8) is 0 Å². The Morgan fingerprint density at radius 3 is 1.21 bits per heavy atom. The van der Waals surface area contributed by atoms with Gasteiger partial charge in [0.15, 0.2) is 5.71 Å². The van der Waals surface area contributed by atoms with Gasteiger partial charge in [-0.2, -0.15) is 13.2 Å². The first-order chi connectivity index (χ1) is 67.8. The number of hydrogen-bond acceptors (Lipinski definition) is 42. The number of benzene rings is 3. The zero-order valence-electron chi connectivity index (χ0n) is 81.5. The summed E-state index contributed by atoms with van der Waals surface area (Å²) in [5.74, 6) is -0.153. The molecule has 0 aromatic heterocycles. The topological polar surface area (TPSA) is 481 Å². The fourth-order valence-electron chi connectivity index (χ4n) is 14.2. The van der Waals surface area contributed by atoms with Crippen molar-refractivity contribution in [1.82, 2.24) is 5.32 Å². The summed E-state index contributed by atoms with van der Waals surface area (Å²) in [6.45, 7) is 29.0. The van der Waals surface area contributed by atoms with Gasteiger partial charge in [0.25, 0.3) is 0 Å². The van der Waals surface area contributed by atoms with Gasteiger partial charge in [0.1, 0.15) is 26.8 Å². The molecule has 3 aromatic rings. The lowest BCUT2D eigenvalue weighted by molar-refractivity contribution is -0.777. The van der Waals surface area contributed by atoms with Gasteiger partial charge >= 0.3 is 5.97 Å². The van der Waals surface area contributed by atoms with Crippen LogP contribution in [-0.4, -0.2) is 398 Å². The smallest absolute Gasteiger partial charge is 0.305 e. The standard InChI is InChI=1S/C93H153N3O39S4/c1-92(2)83-76-79(137-135-133-100)20-22-84(83)95(87(92)16-9-6-10-17-88-93(3,24-13-7-12-19-90(98)108-5)91-82-77-80(138(101,102)103)78-86(139(104,105)106)81(82)21-23-85(91)96(88)27-15-75-136-134-132-99)26-14-8-11-18-89(97)94-25-28-109-31-32-111-35-36-113-39-40-115-43-44-117-47-48-119-51-52-121-55-56-123-59-60-125-63-64-127-67-68-129-71-72-131-74-73-130-70-69-128-66-65-126-62-61-124-58-57-122-54-53-120-50-49-118-46-45-116-42-41-114-38-37-112-34-33-110-30-29-107-4/h6,9-10,16-17,20-23,76-78H,7-8,11-15,18-19,24-75H2,1-5H3,(H4-,94,97,99,100,101,102,103,104,105,106)/p-3. The quantitative estimate of drug-likeness (QED) is 0.00971. The number of nitrogens with zero attached hydrogens (tertiary/aromatic N) is 2. The molecule has 0 saturated heterocycles. The summed E-state index contributed by atoms with van der Waals surface area (Å²) in [5.41, 5.74) is 3.03. The number of allylic oxidation sites excluding steroid dienone is 6. The van der Waals surface area contributed by atoms with Crippen molar-refractivity contribution in [2.75, 3.05) is 355 Å². The van der Waals surface area contributed by atoms with E-state index in [0.29, 0.717) is 409 Å². The molecular formula is C93H150N3O39S4-3. The molecule has 1 N–H and O–H groups in total. The van der Waals surface area contributed by atoms with Crippen LogP contribution in [0.3, 0.4) is 0 Å². The Morgan fingerprint density at radius 1 is 0.424 bits per heavy atom. The zero-order valence-corrected chi connectivity index (χ0v) is 84.8. The Balaban J connectivity index is 0.778. The van der Waals surface area contributed by atoms with Crippen LogP contribution < -0.4 is 20.7 Å². The van der Waals surface area contributed by atoms with Crippen LogP contribution in [0.1, 0.15) is 96.1 Å². The zero-order chi connectivity index (χ0) is 99.9. The molecule has 0 bridgehead atoms. The van der Waals surface area contributed by atoms with Crippen LogP contribution in [0.15, 0.2) is 93.2 Å². The van der Waals surface area contributed by atoms with Crippen molar-refractivity contribution >= 4 is 84.1 Å². The molecule has 1 amide bonds. The highest BCUT2D eigenvalue weighted by molar-refractivity contribution is 7.94. The molecule has 2 aliphatic rings. The Bertz CT molecular complexity index is 4030. The number of rotatable bonds is 98. The Labute approximate surface area is 827 Å². The second-order valence-electron chi connectivity index (χ2n) is 31.4. The van der Waals surface area contributed by atoms with Gasteiger partial charge in [-0.1, -0.05) is 37.1 Å². The van der Waals surface area contributed by atoms with Crippen LogP contribution in [0.4, 0.5) is 11.4 Å². The molecule has 3 aromatic carbocycles. The van der Waals surface area contributed by atoms with Crippen molar-refractivity contribution in [1.29, 1.82) is 0 Å². The molecule has 0 radical (unpaired) electrons. The summed E-state index contributed by atoms with van der Waals surface area (Å²) in [6, 6.07) is 10.5. The Morgan fingerprint density at radius 2 is 0.820 bits per heavy atom.